The van der Waals surface area contributed by atoms with Gasteiger partial charge in [0.1, 0.15) is 5.82 Å². The highest BCUT2D eigenvalue weighted by Crippen LogP contribution is 2.16. The van der Waals surface area contributed by atoms with Crippen molar-refractivity contribution in [1.29, 1.82) is 0 Å². The minimum absolute atomic E-state index is 0.0108. The number of aryl methyl sites for hydroxylation is 1. The Morgan fingerprint density at radius 2 is 2.06 bits per heavy atom. The van der Waals surface area contributed by atoms with Crippen LogP contribution >= 0.6 is 11.6 Å². The third kappa shape index (κ3) is 4.26. The van der Waals surface area contributed by atoms with E-state index in [0.717, 1.165) is 12.5 Å². The maximum Gasteiger partial charge on any atom is 0.240 e. The van der Waals surface area contributed by atoms with Crippen LogP contribution in [0.15, 0.2) is 23.1 Å². The van der Waals surface area contributed by atoms with E-state index in [1.54, 1.807) is 6.92 Å². The van der Waals surface area contributed by atoms with Crippen molar-refractivity contribution in [2.75, 3.05) is 12.4 Å². The minimum Gasteiger partial charge on any atom is -0.211 e. The summed E-state index contributed by atoms with van der Waals surface area (Å²) in [6.07, 6.45) is 1.41. The quantitative estimate of drug-likeness (QED) is 0.642. The second-order valence-electron chi connectivity index (χ2n) is 3.70. The van der Waals surface area contributed by atoms with Crippen LogP contribution < -0.4 is 4.72 Å². The molecule has 1 aromatic carbocycles. The highest BCUT2D eigenvalue weighted by Gasteiger charge is 2.16. The Balaban J connectivity index is 2.79. The predicted octanol–water partition coefficient (Wildman–Crippen LogP) is 2.43. The molecule has 6 heteroatoms. The third-order valence-electron chi connectivity index (χ3n) is 2.29. The Bertz CT molecular complexity index is 476. The number of sulfonamides is 1. The van der Waals surface area contributed by atoms with Gasteiger partial charge >= 0.3 is 0 Å². The first-order valence-electron chi connectivity index (χ1n) is 5.29. The van der Waals surface area contributed by atoms with Gasteiger partial charge in [-0.1, -0.05) is 6.07 Å². The molecule has 0 aliphatic carbocycles. The standard InChI is InChI=1S/C11H15ClFNO2S/c1-9-4-5-10(13)8-11(9)17(15,16)14-7-3-2-6-12/h4-5,8,14H,2-3,6-7H2,1H3. The van der Waals surface area contributed by atoms with Gasteiger partial charge in [0.25, 0.3) is 0 Å². The molecule has 1 rings (SSSR count). The molecule has 0 radical (unpaired) electrons. The fraction of sp³-hybridized carbons (Fsp3) is 0.455. The first-order chi connectivity index (χ1) is 7.97. The van der Waals surface area contributed by atoms with Crippen molar-refractivity contribution in [3.63, 3.8) is 0 Å². The van der Waals surface area contributed by atoms with Gasteiger partial charge < -0.3 is 0 Å². The van der Waals surface area contributed by atoms with Gasteiger partial charge in [-0.3, -0.25) is 0 Å². The van der Waals surface area contributed by atoms with Crippen molar-refractivity contribution in [2.24, 2.45) is 0 Å². The molecule has 0 amide bonds. The van der Waals surface area contributed by atoms with Crippen molar-refractivity contribution >= 4 is 21.6 Å². The van der Waals surface area contributed by atoms with Crippen LogP contribution in [0.4, 0.5) is 4.39 Å². The fourth-order valence-corrected chi connectivity index (χ4v) is 2.88. The number of unbranched alkanes of at least 4 members (excludes halogenated alkanes) is 1. The van der Waals surface area contributed by atoms with E-state index in [0.29, 0.717) is 24.4 Å². The van der Waals surface area contributed by atoms with Crippen molar-refractivity contribution in [3.05, 3.63) is 29.6 Å². The number of hydrogen-bond acceptors (Lipinski definition) is 2. The van der Waals surface area contributed by atoms with Crippen LogP contribution in [0.2, 0.25) is 0 Å². The van der Waals surface area contributed by atoms with Crippen LogP contribution in [0.1, 0.15) is 18.4 Å². The van der Waals surface area contributed by atoms with Gasteiger partial charge in [-0.2, -0.15) is 0 Å². The van der Waals surface area contributed by atoms with Gasteiger partial charge in [0.15, 0.2) is 0 Å². The lowest BCUT2D eigenvalue weighted by molar-refractivity contribution is 0.574. The van der Waals surface area contributed by atoms with E-state index in [1.165, 1.54) is 12.1 Å². The van der Waals surface area contributed by atoms with E-state index >= 15 is 0 Å². The van der Waals surface area contributed by atoms with Crippen molar-refractivity contribution in [3.8, 4) is 0 Å². The lowest BCUT2D eigenvalue weighted by Gasteiger charge is -2.08. The van der Waals surface area contributed by atoms with Crippen molar-refractivity contribution in [1.82, 2.24) is 4.72 Å². The fourth-order valence-electron chi connectivity index (χ4n) is 1.37. The smallest absolute Gasteiger partial charge is 0.211 e. The van der Waals surface area contributed by atoms with E-state index in [1.807, 2.05) is 0 Å². The maximum absolute atomic E-state index is 13.0. The van der Waals surface area contributed by atoms with Gasteiger partial charge in [-0.05, 0) is 37.5 Å². The summed E-state index contributed by atoms with van der Waals surface area (Å²) in [5.41, 5.74) is 0.524. The molecule has 0 bridgehead atoms. The van der Waals surface area contributed by atoms with E-state index in [9.17, 15) is 12.8 Å². The van der Waals surface area contributed by atoms with Gasteiger partial charge in [-0.15, -0.1) is 11.6 Å². The first kappa shape index (κ1) is 14.4. The summed E-state index contributed by atoms with van der Waals surface area (Å²) in [6.45, 7) is 1.94. The number of rotatable bonds is 6. The highest BCUT2D eigenvalue weighted by atomic mass is 35.5. The summed E-state index contributed by atoms with van der Waals surface area (Å²) in [7, 11) is -3.63. The van der Waals surface area contributed by atoms with Crippen LogP contribution in [0.3, 0.4) is 0 Å². The topological polar surface area (TPSA) is 46.2 Å². The number of hydrogen-bond donors (Lipinski definition) is 1. The molecule has 0 aliphatic rings. The molecule has 0 atom stereocenters. The summed E-state index contributed by atoms with van der Waals surface area (Å²) in [4.78, 5) is -0.0108. The molecule has 96 valence electrons. The van der Waals surface area contributed by atoms with E-state index in [4.69, 9.17) is 11.6 Å². The molecule has 0 heterocycles. The Morgan fingerprint density at radius 1 is 1.35 bits per heavy atom. The molecular formula is C11H15ClFNO2S. The summed E-state index contributed by atoms with van der Waals surface area (Å²) >= 11 is 5.49. The zero-order valence-electron chi connectivity index (χ0n) is 9.54. The van der Waals surface area contributed by atoms with E-state index in [2.05, 4.69) is 4.72 Å². The molecule has 0 aliphatic heterocycles. The summed E-state index contributed by atoms with van der Waals surface area (Å²) in [5.74, 6) is -0.0579. The van der Waals surface area contributed by atoms with Gasteiger partial charge in [0.05, 0.1) is 4.90 Å². The Hall–Kier alpha value is -0.650. The average molecular weight is 280 g/mol. The zero-order valence-corrected chi connectivity index (χ0v) is 11.1. The molecule has 0 fully saturated rings. The van der Waals surface area contributed by atoms with Gasteiger partial charge in [0, 0.05) is 12.4 Å². The normalized spacial score (nSPS) is 11.7. The average Bonchev–Trinajstić information content (AvgIpc) is 2.28. The lowest BCUT2D eigenvalue weighted by Crippen LogP contribution is -2.25. The molecule has 0 spiro atoms. The number of alkyl halides is 1. The Labute approximate surface area is 106 Å². The van der Waals surface area contributed by atoms with Crippen LogP contribution in [0.25, 0.3) is 0 Å². The Kier molecular flexibility index (Phi) is 5.36. The molecule has 0 saturated carbocycles. The van der Waals surface area contributed by atoms with Gasteiger partial charge in [-0.25, -0.2) is 17.5 Å². The van der Waals surface area contributed by atoms with E-state index < -0.39 is 15.8 Å². The summed E-state index contributed by atoms with van der Waals surface area (Å²) in [6, 6.07) is 3.71. The molecule has 0 saturated heterocycles. The lowest BCUT2D eigenvalue weighted by atomic mass is 10.2. The Morgan fingerprint density at radius 3 is 2.71 bits per heavy atom. The van der Waals surface area contributed by atoms with E-state index in [-0.39, 0.29) is 4.90 Å². The van der Waals surface area contributed by atoms with Gasteiger partial charge in [0.2, 0.25) is 10.0 Å². The third-order valence-corrected chi connectivity index (χ3v) is 4.16. The number of nitrogens with one attached hydrogen (secondary N) is 1. The zero-order chi connectivity index (χ0) is 12.9. The summed E-state index contributed by atoms with van der Waals surface area (Å²) in [5, 5.41) is 0. The predicted molar refractivity (Wildman–Crippen MR) is 66.3 cm³/mol. The van der Waals surface area contributed by atoms with Crippen molar-refractivity contribution in [2.45, 2.75) is 24.7 Å². The second kappa shape index (κ2) is 6.33. The molecule has 0 unspecified atom stereocenters. The highest BCUT2D eigenvalue weighted by molar-refractivity contribution is 7.89. The van der Waals surface area contributed by atoms with Crippen LogP contribution in [-0.2, 0) is 10.0 Å². The van der Waals surface area contributed by atoms with Crippen LogP contribution in [0, 0.1) is 12.7 Å². The first-order valence-corrected chi connectivity index (χ1v) is 7.31. The molecule has 1 N–H and O–H groups in total. The van der Waals surface area contributed by atoms with Crippen LogP contribution in [0.5, 0.6) is 0 Å². The number of halogens is 2. The minimum atomic E-state index is -3.63. The molecular weight excluding hydrogens is 265 g/mol. The molecule has 1 aromatic rings. The largest absolute Gasteiger partial charge is 0.240 e. The molecule has 0 aromatic heterocycles. The monoisotopic (exact) mass is 279 g/mol. The number of benzene rings is 1. The SMILES string of the molecule is Cc1ccc(F)cc1S(=O)(=O)NCCCCCl. The molecule has 17 heavy (non-hydrogen) atoms. The summed E-state index contributed by atoms with van der Waals surface area (Å²) < 4.78 is 39.2. The van der Waals surface area contributed by atoms with Crippen LogP contribution in [-0.4, -0.2) is 20.8 Å². The van der Waals surface area contributed by atoms with Crippen molar-refractivity contribution < 1.29 is 12.8 Å². The second-order valence-corrected chi connectivity index (χ2v) is 5.82. The maximum atomic E-state index is 13.0. The molecule has 3 nitrogen and oxygen atoms in total.